The lowest BCUT2D eigenvalue weighted by atomic mass is 9.83. The third kappa shape index (κ3) is 6.33. The second-order valence-corrected chi connectivity index (χ2v) is 17.7. The van der Waals surface area contributed by atoms with E-state index in [-0.39, 0.29) is 30.3 Å². The highest BCUT2D eigenvalue weighted by molar-refractivity contribution is 5.84. The predicted octanol–water partition coefficient (Wildman–Crippen LogP) is 9.92. The van der Waals surface area contributed by atoms with Gasteiger partial charge in [-0.15, -0.1) is 0 Å². The standard InChI is InChI=1S/C44H50N6O4/c1-43(2,3)53-41(51)49-19-7-8-37(49)39-45-24-36(48-39)29-13-17-33-28(21-29)10-9-27-20-25(12-16-32(27)33)26-14-18-34-35(23-26)47-40(46-34)38-30-11-15-31(22-30)50(38)42(52)54-44(4,5)6/h12-14,16-18,20-21,23-24,30-31,37-38H,7-11,15,19,22H2,1-6H3,(H,45,48)(H,46,47)/t30?,31?,37-,38?/m0/s1. The van der Waals surface area contributed by atoms with E-state index in [4.69, 9.17) is 19.4 Å². The Bertz CT molecular complexity index is 2270. The summed E-state index contributed by atoms with van der Waals surface area (Å²) in [6, 6.07) is 20.0. The van der Waals surface area contributed by atoms with E-state index in [0.717, 1.165) is 84.4 Å². The summed E-state index contributed by atoms with van der Waals surface area (Å²) in [5.74, 6) is 2.06. The molecule has 3 fully saturated rings. The number of ether oxygens (including phenoxy) is 2. The summed E-state index contributed by atoms with van der Waals surface area (Å²) in [5.41, 5.74) is 10.4. The zero-order valence-electron chi connectivity index (χ0n) is 32.2. The van der Waals surface area contributed by atoms with Crippen LogP contribution in [0.1, 0.15) is 109 Å². The van der Waals surface area contributed by atoms with Gasteiger partial charge in [0.15, 0.2) is 0 Å². The van der Waals surface area contributed by atoms with Crippen molar-refractivity contribution in [2.45, 2.75) is 116 Å². The van der Waals surface area contributed by atoms with Crippen LogP contribution in [0, 0.1) is 5.92 Å². The van der Waals surface area contributed by atoms with Crippen LogP contribution in [0.5, 0.6) is 0 Å². The summed E-state index contributed by atoms with van der Waals surface area (Å²) in [6.07, 6.45) is 8.21. The SMILES string of the molecule is CC(C)(C)OC(=O)N1C2CCC(C2)C1c1nc2ccc(-c3ccc4c(c3)CCc3cc(-c5cnc([C@@H]6CCCN6C(=O)OC(C)(C)C)[nH]5)ccc3-4)cc2[nH]1. The number of piperidine rings is 1. The topological polar surface area (TPSA) is 116 Å². The van der Waals surface area contributed by atoms with Crippen LogP contribution in [0.4, 0.5) is 9.59 Å². The van der Waals surface area contributed by atoms with Crippen LogP contribution in [-0.2, 0) is 22.3 Å². The van der Waals surface area contributed by atoms with Gasteiger partial charge in [0.1, 0.15) is 22.9 Å². The highest BCUT2D eigenvalue weighted by Gasteiger charge is 2.51. The molecule has 2 bridgehead atoms. The first-order valence-electron chi connectivity index (χ1n) is 19.6. The average Bonchev–Trinajstić information content (AvgIpc) is 3.97. The van der Waals surface area contributed by atoms with E-state index in [1.165, 1.54) is 27.8 Å². The van der Waals surface area contributed by atoms with Crippen LogP contribution in [0.25, 0.3) is 44.5 Å². The van der Waals surface area contributed by atoms with Crippen LogP contribution in [0.15, 0.2) is 60.8 Å². The number of amides is 2. The molecule has 280 valence electrons. The van der Waals surface area contributed by atoms with Crippen molar-refractivity contribution >= 4 is 23.2 Å². The van der Waals surface area contributed by atoms with Crippen LogP contribution in [-0.4, -0.2) is 65.7 Å². The third-order valence-electron chi connectivity index (χ3n) is 11.6. The molecule has 2 amide bonds. The Balaban J connectivity index is 0.935. The number of carbonyl (C=O) groups is 2. The number of aromatic amines is 2. The zero-order valence-corrected chi connectivity index (χ0v) is 32.2. The maximum absolute atomic E-state index is 13.3. The molecule has 9 rings (SSSR count). The van der Waals surface area contributed by atoms with Gasteiger partial charge in [-0.3, -0.25) is 9.80 Å². The van der Waals surface area contributed by atoms with E-state index in [1.54, 1.807) is 4.90 Å². The number of benzene rings is 3. The maximum Gasteiger partial charge on any atom is 0.411 e. The highest BCUT2D eigenvalue weighted by atomic mass is 16.6. The normalized spacial score (nSPS) is 22.1. The minimum absolute atomic E-state index is 0.0871. The Morgan fingerprint density at radius 1 is 0.759 bits per heavy atom. The van der Waals surface area contributed by atoms with E-state index < -0.39 is 11.2 Å². The lowest BCUT2D eigenvalue weighted by Crippen LogP contribution is -2.43. The van der Waals surface area contributed by atoms with E-state index >= 15 is 0 Å². The number of aromatic nitrogens is 4. The largest absolute Gasteiger partial charge is 0.444 e. The fraction of sp³-hybridized carbons (Fsp3) is 0.455. The number of imidazole rings is 2. The molecule has 2 aliphatic heterocycles. The first-order valence-corrected chi connectivity index (χ1v) is 19.6. The number of hydrogen-bond donors (Lipinski definition) is 2. The monoisotopic (exact) mass is 726 g/mol. The summed E-state index contributed by atoms with van der Waals surface area (Å²) >= 11 is 0. The Morgan fingerprint density at radius 3 is 2.17 bits per heavy atom. The number of aryl methyl sites for hydroxylation is 2. The van der Waals surface area contributed by atoms with Gasteiger partial charge in [-0.2, -0.15) is 0 Å². The van der Waals surface area contributed by atoms with Gasteiger partial charge >= 0.3 is 12.2 Å². The number of nitrogens with one attached hydrogen (secondary N) is 2. The number of carbonyl (C=O) groups excluding carboxylic acids is 2. The molecule has 2 aliphatic carbocycles. The average molecular weight is 727 g/mol. The van der Waals surface area contributed by atoms with Gasteiger partial charge in [-0.05, 0) is 150 Å². The van der Waals surface area contributed by atoms with E-state index in [0.29, 0.717) is 12.5 Å². The van der Waals surface area contributed by atoms with Gasteiger partial charge in [-0.1, -0.05) is 36.4 Å². The molecule has 4 aliphatic rings. The molecule has 54 heavy (non-hydrogen) atoms. The van der Waals surface area contributed by atoms with Gasteiger partial charge in [0.2, 0.25) is 0 Å². The second kappa shape index (κ2) is 12.7. The molecular formula is C44H50N6O4. The first kappa shape index (κ1) is 34.6. The van der Waals surface area contributed by atoms with Gasteiger partial charge in [0, 0.05) is 12.6 Å². The lowest BCUT2D eigenvalue weighted by molar-refractivity contribution is 0.00616. The zero-order chi connectivity index (χ0) is 37.5. The molecule has 5 aromatic rings. The van der Waals surface area contributed by atoms with Crippen molar-refractivity contribution in [2.24, 2.45) is 5.92 Å². The van der Waals surface area contributed by atoms with Crippen molar-refractivity contribution in [3.63, 3.8) is 0 Å². The minimum Gasteiger partial charge on any atom is -0.444 e. The van der Waals surface area contributed by atoms with Gasteiger partial charge in [0.05, 0.1) is 35.0 Å². The summed E-state index contributed by atoms with van der Waals surface area (Å²) in [5, 5.41) is 0. The van der Waals surface area contributed by atoms with Gasteiger partial charge < -0.3 is 19.4 Å². The molecule has 4 heterocycles. The van der Waals surface area contributed by atoms with E-state index in [9.17, 15) is 9.59 Å². The van der Waals surface area contributed by atoms with E-state index in [2.05, 4.69) is 64.6 Å². The smallest absolute Gasteiger partial charge is 0.411 e. The number of hydrogen-bond acceptors (Lipinski definition) is 6. The summed E-state index contributed by atoms with van der Waals surface area (Å²) < 4.78 is 11.5. The summed E-state index contributed by atoms with van der Waals surface area (Å²) in [6.45, 7) is 12.1. The molecule has 3 unspecified atom stereocenters. The first-order chi connectivity index (χ1) is 25.8. The molecular weight excluding hydrogens is 677 g/mol. The molecule has 10 heteroatoms. The fourth-order valence-corrected chi connectivity index (χ4v) is 9.25. The molecule has 0 radical (unpaired) electrons. The molecule has 4 atom stereocenters. The number of H-pyrrole nitrogens is 2. The maximum atomic E-state index is 13.3. The second-order valence-electron chi connectivity index (χ2n) is 17.7. The van der Waals surface area contributed by atoms with Crippen molar-refractivity contribution in [1.29, 1.82) is 0 Å². The molecule has 2 N–H and O–H groups in total. The van der Waals surface area contributed by atoms with Crippen molar-refractivity contribution < 1.29 is 19.1 Å². The Labute approximate surface area is 316 Å². The summed E-state index contributed by atoms with van der Waals surface area (Å²) in [7, 11) is 0. The van der Waals surface area contributed by atoms with Crippen LogP contribution >= 0.6 is 0 Å². The van der Waals surface area contributed by atoms with Crippen LogP contribution < -0.4 is 0 Å². The molecule has 3 aromatic carbocycles. The van der Waals surface area contributed by atoms with E-state index in [1.807, 2.05) is 52.6 Å². The Kier molecular flexibility index (Phi) is 8.17. The van der Waals surface area contributed by atoms with Crippen molar-refractivity contribution in [3.05, 3.63) is 83.6 Å². The number of fused-ring (bicyclic) bond motifs is 6. The third-order valence-corrected chi connectivity index (χ3v) is 11.6. The number of nitrogens with zero attached hydrogens (tertiary/aromatic N) is 4. The number of rotatable bonds is 4. The predicted molar refractivity (Wildman–Crippen MR) is 209 cm³/mol. The molecule has 0 spiro atoms. The quantitative estimate of drug-likeness (QED) is 0.191. The molecule has 2 saturated heterocycles. The van der Waals surface area contributed by atoms with Crippen LogP contribution in [0.3, 0.4) is 0 Å². The molecule has 10 nitrogen and oxygen atoms in total. The minimum atomic E-state index is -0.540. The van der Waals surface area contributed by atoms with Crippen LogP contribution in [0.2, 0.25) is 0 Å². The molecule has 2 aromatic heterocycles. The lowest BCUT2D eigenvalue weighted by Gasteiger charge is -2.35. The van der Waals surface area contributed by atoms with Crippen molar-refractivity contribution in [3.8, 4) is 33.5 Å². The summed E-state index contributed by atoms with van der Waals surface area (Å²) in [4.78, 5) is 46.9. The molecule has 1 saturated carbocycles. The van der Waals surface area contributed by atoms with Crippen molar-refractivity contribution in [1.82, 2.24) is 29.7 Å². The van der Waals surface area contributed by atoms with Gasteiger partial charge in [-0.25, -0.2) is 19.6 Å². The fourth-order valence-electron chi connectivity index (χ4n) is 9.25. The highest BCUT2D eigenvalue weighted by Crippen LogP contribution is 2.50. The number of likely N-dealkylation sites (tertiary alicyclic amines) is 2. The van der Waals surface area contributed by atoms with Crippen molar-refractivity contribution in [2.75, 3.05) is 6.54 Å². The van der Waals surface area contributed by atoms with Gasteiger partial charge in [0.25, 0.3) is 0 Å². The Morgan fingerprint density at radius 2 is 1.43 bits per heavy atom. The Hall–Kier alpha value is -5.12.